The number of hydrogen-bond donors (Lipinski definition) is 2. The third-order valence-electron chi connectivity index (χ3n) is 4.45. The summed E-state index contributed by atoms with van der Waals surface area (Å²) in [4.78, 5) is 17.0. The van der Waals surface area contributed by atoms with E-state index in [0.29, 0.717) is 25.9 Å². The van der Waals surface area contributed by atoms with Gasteiger partial charge in [0, 0.05) is 11.6 Å². The fourth-order valence-electron chi connectivity index (χ4n) is 3.13. The number of piperidine rings is 1. The molecule has 2 aromatic rings. The summed E-state index contributed by atoms with van der Waals surface area (Å²) in [6.07, 6.45) is 2.35. The maximum atomic E-state index is 13.9. The van der Waals surface area contributed by atoms with Gasteiger partial charge < -0.3 is 15.8 Å². The van der Waals surface area contributed by atoms with E-state index in [9.17, 15) is 17.6 Å². The molecule has 3 rings (SSSR count). The molecule has 152 valence electrons. The minimum atomic E-state index is -3.62. The maximum absolute atomic E-state index is 13.9. The van der Waals surface area contributed by atoms with Crippen LogP contribution in [0.25, 0.3) is 0 Å². The van der Waals surface area contributed by atoms with Crippen LogP contribution in [0.2, 0.25) is 0 Å². The molecule has 1 aromatic heterocycles. The predicted molar refractivity (Wildman–Crippen MR) is 106 cm³/mol. The lowest BCUT2D eigenvalue weighted by Gasteiger charge is -2.32. The van der Waals surface area contributed by atoms with E-state index in [2.05, 4.69) is 10.3 Å². The van der Waals surface area contributed by atoms with Crippen LogP contribution in [0.5, 0.6) is 5.75 Å². The van der Waals surface area contributed by atoms with Crippen LogP contribution >= 0.6 is 11.3 Å². The van der Waals surface area contributed by atoms with Crippen LogP contribution in [0.1, 0.15) is 28.1 Å². The van der Waals surface area contributed by atoms with E-state index in [-0.39, 0.29) is 33.2 Å². The first-order valence-corrected chi connectivity index (χ1v) is 11.2. The number of halogens is 1. The summed E-state index contributed by atoms with van der Waals surface area (Å²) in [6, 6.07) is 3.56. The fourth-order valence-corrected chi connectivity index (χ4v) is 5.65. The molecule has 0 aliphatic carbocycles. The third-order valence-corrected chi connectivity index (χ3v) is 6.82. The number of benzene rings is 1. The third kappa shape index (κ3) is 4.10. The molecule has 0 saturated carbocycles. The first-order chi connectivity index (χ1) is 13.2. The monoisotopic (exact) mass is 428 g/mol. The number of carbonyl (C=O) groups is 1. The van der Waals surface area contributed by atoms with E-state index >= 15 is 0 Å². The van der Waals surface area contributed by atoms with Gasteiger partial charge in [-0.1, -0.05) is 11.3 Å². The number of nitrogens with zero attached hydrogens (tertiary/aromatic N) is 2. The summed E-state index contributed by atoms with van der Waals surface area (Å²) in [5.74, 6) is -1.27. The zero-order valence-electron chi connectivity index (χ0n) is 15.4. The highest BCUT2D eigenvalue weighted by molar-refractivity contribution is 7.92. The minimum absolute atomic E-state index is 0.0173. The molecule has 1 fully saturated rings. The Balaban J connectivity index is 1.97. The molecule has 0 unspecified atom stereocenters. The number of sulfonamides is 1. The molecular formula is C17H21FN4O4S2. The van der Waals surface area contributed by atoms with Gasteiger partial charge in [-0.3, -0.25) is 4.79 Å². The Kier molecular flexibility index (Phi) is 5.87. The van der Waals surface area contributed by atoms with Gasteiger partial charge in [0.25, 0.3) is 0 Å². The number of rotatable bonds is 6. The number of nitrogens with one attached hydrogen (secondary N) is 1. The van der Waals surface area contributed by atoms with Crippen molar-refractivity contribution in [3.05, 3.63) is 34.5 Å². The molecule has 0 amide bonds. The molecule has 28 heavy (non-hydrogen) atoms. The quantitative estimate of drug-likeness (QED) is 0.672. The lowest BCUT2D eigenvalue weighted by atomic mass is 10.1. The van der Waals surface area contributed by atoms with Gasteiger partial charge in [0.1, 0.15) is 10.7 Å². The zero-order valence-corrected chi connectivity index (χ0v) is 17.1. The number of nitrogens with two attached hydrogens (primary N) is 1. The molecule has 0 atom stereocenters. The van der Waals surface area contributed by atoms with E-state index in [0.717, 1.165) is 23.7 Å². The van der Waals surface area contributed by atoms with E-state index in [1.54, 1.807) is 0 Å². The lowest BCUT2D eigenvalue weighted by Crippen LogP contribution is -2.45. The van der Waals surface area contributed by atoms with Gasteiger partial charge >= 0.3 is 0 Å². The highest BCUT2D eigenvalue weighted by Crippen LogP contribution is 2.34. The van der Waals surface area contributed by atoms with Crippen LogP contribution in [-0.4, -0.2) is 51.7 Å². The highest BCUT2D eigenvalue weighted by Gasteiger charge is 2.32. The van der Waals surface area contributed by atoms with Crippen LogP contribution < -0.4 is 20.1 Å². The summed E-state index contributed by atoms with van der Waals surface area (Å²) in [7, 11) is -2.29. The Bertz CT molecular complexity index is 987. The molecule has 1 aliphatic heterocycles. The van der Waals surface area contributed by atoms with Crippen LogP contribution in [0, 0.1) is 5.82 Å². The number of aromatic nitrogens is 1. The second kappa shape index (κ2) is 8.02. The van der Waals surface area contributed by atoms with Gasteiger partial charge in [-0.05, 0) is 44.1 Å². The molecule has 1 aromatic carbocycles. The fraction of sp³-hybridized carbons (Fsp3) is 0.412. The van der Waals surface area contributed by atoms with Crippen molar-refractivity contribution >= 4 is 38.1 Å². The Morgan fingerprint density at radius 1 is 1.39 bits per heavy atom. The number of anilines is 2. The number of hydrogen-bond acceptors (Lipinski definition) is 8. The summed E-state index contributed by atoms with van der Waals surface area (Å²) in [5.41, 5.74) is 5.99. The summed E-state index contributed by atoms with van der Waals surface area (Å²) in [6.45, 7) is 1.38. The van der Waals surface area contributed by atoms with Crippen molar-refractivity contribution in [1.29, 1.82) is 0 Å². The molecule has 1 saturated heterocycles. The average molecular weight is 429 g/mol. The number of nitrogen functional groups attached to an aromatic ring is 1. The van der Waals surface area contributed by atoms with Gasteiger partial charge in [0.15, 0.2) is 11.6 Å². The average Bonchev–Trinajstić information content (AvgIpc) is 3.01. The first kappa shape index (κ1) is 20.5. The number of ketones is 1. The van der Waals surface area contributed by atoms with Gasteiger partial charge in [0.05, 0.1) is 13.4 Å². The van der Waals surface area contributed by atoms with Crippen LogP contribution in [0.4, 0.5) is 15.3 Å². The highest BCUT2D eigenvalue weighted by atomic mass is 32.2. The van der Waals surface area contributed by atoms with E-state index < -0.39 is 21.6 Å². The second-order valence-electron chi connectivity index (χ2n) is 6.43. The zero-order chi connectivity index (χ0) is 20.5. The standard InChI is InChI=1S/C17H21FN4O4S2/c1-26-13-4-3-10(9-12(13)18)14(23)15-16(19)21-17(27-15)22(28(2,24)25)11-5-7-20-8-6-11/h3-4,9,11,20H,5-8,19H2,1-2H3. The molecule has 1 aliphatic rings. The summed E-state index contributed by atoms with van der Waals surface area (Å²) < 4.78 is 44.8. The van der Waals surface area contributed by atoms with Crippen molar-refractivity contribution in [3.63, 3.8) is 0 Å². The number of ether oxygens (including phenoxy) is 1. The lowest BCUT2D eigenvalue weighted by molar-refractivity contribution is 0.104. The molecular weight excluding hydrogens is 407 g/mol. The summed E-state index contributed by atoms with van der Waals surface area (Å²) in [5, 5.41) is 3.32. The van der Waals surface area contributed by atoms with Gasteiger partial charge in [-0.25, -0.2) is 22.1 Å². The van der Waals surface area contributed by atoms with Crippen molar-refractivity contribution in [1.82, 2.24) is 10.3 Å². The van der Waals surface area contributed by atoms with Gasteiger partial charge in [-0.15, -0.1) is 0 Å². The largest absolute Gasteiger partial charge is 0.494 e. The molecule has 0 spiro atoms. The Labute approximate surface area is 166 Å². The van der Waals surface area contributed by atoms with E-state index in [1.807, 2.05) is 0 Å². The van der Waals surface area contributed by atoms with Crippen molar-refractivity contribution < 1.29 is 22.3 Å². The van der Waals surface area contributed by atoms with Crippen LogP contribution in [-0.2, 0) is 10.0 Å². The van der Waals surface area contributed by atoms with E-state index in [1.165, 1.54) is 23.5 Å². The number of methoxy groups -OCH3 is 1. The van der Waals surface area contributed by atoms with Crippen molar-refractivity contribution in [2.24, 2.45) is 0 Å². The maximum Gasteiger partial charge on any atom is 0.234 e. The second-order valence-corrected chi connectivity index (χ2v) is 9.27. The van der Waals surface area contributed by atoms with Crippen LogP contribution in [0.3, 0.4) is 0 Å². The van der Waals surface area contributed by atoms with Crippen molar-refractivity contribution in [3.8, 4) is 5.75 Å². The first-order valence-electron chi connectivity index (χ1n) is 8.57. The minimum Gasteiger partial charge on any atom is -0.494 e. The molecule has 2 heterocycles. The summed E-state index contributed by atoms with van der Waals surface area (Å²) >= 11 is 0.894. The molecule has 11 heteroatoms. The smallest absolute Gasteiger partial charge is 0.234 e. The van der Waals surface area contributed by atoms with Gasteiger partial charge in [0.2, 0.25) is 20.9 Å². The predicted octanol–water partition coefficient (Wildman–Crippen LogP) is 1.62. The van der Waals surface area contributed by atoms with E-state index in [4.69, 9.17) is 10.5 Å². The normalized spacial score (nSPS) is 15.4. The van der Waals surface area contributed by atoms with Crippen molar-refractivity contribution in [2.45, 2.75) is 18.9 Å². The SMILES string of the molecule is COc1ccc(C(=O)c2sc(N(C3CCNCC3)S(C)(=O)=O)nc2N)cc1F. The molecule has 0 bridgehead atoms. The number of carbonyl (C=O) groups excluding carboxylic acids is 1. The topological polar surface area (TPSA) is 115 Å². The molecule has 8 nitrogen and oxygen atoms in total. The van der Waals surface area contributed by atoms with Crippen molar-refractivity contribution in [2.75, 3.05) is 36.5 Å². The molecule has 0 radical (unpaired) electrons. The Hall–Kier alpha value is -2.24. The van der Waals surface area contributed by atoms with Crippen LogP contribution in [0.15, 0.2) is 18.2 Å². The Morgan fingerprint density at radius 2 is 2.07 bits per heavy atom. The Morgan fingerprint density at radius 3 is 2.64 bits per heavy atom. The molecule has 3 N–H and O–H groups in total. The number of thiazole rings is 1. The van der Waals surface area contributed by atoms with Gasteiger partial charge in [-0.2, -0.15) is 0 Å².